The number of carbonyl (C=O) groups excluding carboxylic acids is 2. The first-order chi connectivity index (χ1) is 5.58. The van der Waals surface area contributed by atoms with Crippen molar-refractivity contribution in [1.82, 2.24) is 5.32 Å². The van der Waals surface area contributed by atoms with E-state index in [1.807, 2.05) is 0 Å². The summed E-state index contributed by atoms with van der Waals surface area (Å²) >= 11 is 5.40. The Bertz CT molecular complexity index is 196. The van der Waals surface area contributed by atoms with Gasteiger partial charge in [0, 0.05) is 12.4 Å². The van der Waals surface area contributed by atoms with Gasteiger partial charge in [-0.25, -0.2) is 0 Å². The summed E-state index contributed by atoms with van der Waals surface area (Å²) in [6, 6.07) is 0. The maximum atomic E-state index is 10.6. The van der Waals surface area contributed by atoms with Crippen molar-refractivity contribution in [3.8, 4) is 0 Å². The third-order valence-electron chi connectivity index (χ3n) is 1.26. The lowest BCUT2D eigenvalue weighted by Crippen LogP contribution is -2.52. The summed E-state index contributed by atoms with van der Waals surface area (Å²) in [5.41, 5.74) is 4.27. The van der Waals surface area contributed by atoms with Crippen molar-refractivity contribution in [3.05, 3.63) is 12.7 Å². The van der Waals surface area contributed by atoms with Crippen LogP contribution in [0.3, 0.4) is 0 Å². The van der Waals surface area contributed by atoms with E-state index in [-0.39, 0.29) is 18.3 Å². The van der Waals surface area contributed by atoms with Crippen LogP contribution in [0.2, 0.25) is 0 Å². The molecule has 0 saturated carbocycles. The molecule has 68 valence electrons. The van der Waals surface area contributed by atoms with Crippen LogP contribution in [0, 0.1) is 0 Å². The van der Waals surface area contributed by atoms with Gasteiger partial charge in [0.2, 0.25) is 5.91 Å². The molecule has 1 amide bonds. The number of hydrogen-bond donors (Lipinski definition) is 2. The maximum Gasteiger partial charge on any atom is 0.243 e. The molecule has 0 aliphatic heterocycles. The Hall–Kier alpha value is -0.870. The summed E-state index contributed by atoms with van der Waals surface area (Å²) < 4.78 is 0. The first kappa shape index (κ1) is 11.1. The smallest absolute Gasteiger partial charge is 0.243 e. The quantitative estimate of drug-likeness (QED) is 0.346. The van der Waals surface area contributed by atoms with Crippen LogP contribution >= 0.6 is 11.6 Å². The number of carbonyl (C=O) groups is 2. The van der Waals surface area contributed by atoms with E-state index in [9.17, 15) is 9.59 Å². The van der Waals surface area contributed by atoms with Crippen molar-refractivity contribution < 1.29 is 9.59 Å². The van der Waals surface area contributed by atoms with Crippen LogP contribution in [0.25, 0.3) is 0 Å². The molecule has 12 heavy (non-hydrogen) atoms. The highest BCUT2D eigenvalue weighted by molar-refractivity contribution is 6.19. The monoisotopic (exact) mass is 190 g/mol. The van der Waals surface area contributed by atoms with E-state index in [2.05, 4.69) is 11.9 Å². The van der Waals surface area contributed by atoms with Crippen molar-refractivity contribution in [1.29, 1.82) is 0 Å². The molecule has 5 heteroatoms. The normalized spacial score (nSPS) is 14.5. The Morgan fingerprint density at radius 3 is 2.67 bits per heavy atom. The van der Waals surface area contributed by atoms with E-state index in [1.165, 1.54) is 0 Å². The van der Waals surface area contributed by atoms with Crippen molar-refractivity contribution in [2.45, 2.75) is 5.54 Å². The Kier molecular flexibility index (Phi) is 4.54. The molecule has 3 N–H and O–H groups in total. The average Bonchev–Trinajstić information content (AvgIpc) is 2.13. The van der Waals surface area contributed by atoms with E-state index >= 15 is 0 Å². The third kappa shape index (κ3) is 3.50. The Labute approximate surface area is 75.8 Å². The summed E-state index contributed by atoms with van der Waals surface area (Å²) in [4.78, 5) is 21.0. The zero-order chi connectivity index (χ0) is 9.61. The number of amides is 1. The van der Waals surface area contributed by atoms with E-state index in [0.29, 0.717) is 6.29 Å². The zero-order valence-electron chi connectivity index (χ0n) is 6.55. The molecule has 4 nitrogen and oxygen atoms in total. The molecule has 0 bridgehead atoms. The van der Waals surface area contributed by atoms with Gasteiger partial charge >= 0.3 is 0 Å². The van der Waals surface area contributed by atoms with Gasteiger partial charge in [-0.15, -0.1) is 11.6 Å². The minimum atomic E-state index is -1.18. The standard InChI is InChI=1S/C7H11ClN2O2/c1-2-6(12)10-4-7(9,3-8)5-11/h2,5H,1,3-4,9H2,(H,10,12). The van der Waals surface area contributed by atoms with E-state index in [1.54, 1.807) is 0 Å². The predicted molar refractivity (Wildman–Crippen MR) is 46.9 cm³/mol. The van der Waals surface area contributed by atoms with Crippen molar-refractivity contribution in [3.63, 3.8) is 0 Å². The molecule has 0 spiro atoms. The average molecular weight is 191 g/mol. The Morgan fingerprint density at radius 2 is 2.33 bits per heavy atom. The van der Waals surface area contributed by atoms with E-state index in [4.69, 9.17) is 17.3 Å². The highest BCUT2D eigenvalue weighted by Crippen LogP contribution is 1.97. The number of nitrogens with two attached hydrogens (primary N) is 1. The van der Waals surface area contributed by atoms with Gasteiger partial charge in [-0.05, 0) is 6.08 Å². The fraction of sp³-hybridized carbons (Fsp3) is 0.429. The van der Waals surface area contributed by atoms with Gasteiger partial charge in [0.25, 0.3) is 0 Å². The van der Waals surface area contributed by atoms with Crippen LogP contribution in [-0.2, 0) is 9.59 Å². The summed E-state index contributed by atoms with van der Waals surface area (Å²) in [6.45, 7) is 3.26. The minimum Gasteiger partial charge on any atom is -0.350 e. The van der Waals surface area contributed by atoms with Gasteiger partial charge in [0.15, 0.2) is 0 Å². The van der Waals surface area contributed by atoms with Crippen molar-refractivity contribution >= 4 is 23.8 Å². The lowest BCUT2D eigenvalue weighted by atomic mass is 10.1. The number of hydrogen-bond acceptors (Lipinski definition) is 3. The van der Waals surface area contributed by atoms with Crippen LogP contribution < -0.4 is 11.1 Å². The molecule has 0 fully saturated rings. The third-order valence-corrected chi connectivity index (χ3v) is 1.76. The van der Waals surface area contributed by atoms with Crippen molar-refractivity contribution in [2.75, 3.05) is 12.4 Å². The molecule has 1 atom stereocenters. The maximum absolute atomic E-state index is 10.6. The molecule has 1 unspecified atom stereocenters. The molecule has 0 aromatic rings. The fourth-order valence-corrected chi connectivity index (χ4v) is 0.602. The van der Waals surface area contributed by atoms with Crippen molar-refractivity contribution in [2.24, 2.45) is 5.73 Å². The van der Waals surface area contributed by atoms with Gasteiger partial charge in [0.05, 0.1) is 0 Å². The molecule has 0 rings (SSSR count). The number of nitrogens with one attached hydrogen (secondary N) is 1. The lowest BCUT2D eigenvalue weighted by Gasteiger charge is -2.19. The number of halogens is 1. The minimum absolute atomic E-state index is 0.0187. The Morgan fingerprint density at radius 1 is 1.75 bits per heavy atom. The second-order valence-electron chi connectivity index (χ2n) is 2.41. The second kappa shape index (κ2) is 4.90. The number of rotatable bonds is 5. The summed E-state index contributed by atoms with van der Waals surface area (Å²) in [7, 11) is 0. The van der Waals surface area contributed by atoms with Gasteiger partial charge in [-0.3, -0.25) is 4.79 Å². The largest absolute Gasteiger partial charge is 0.350 e. The molecule has 0 aliphatic rings. The summed E-state index contributed by atoms with van der Waals surface area (Å²) in [5, 5.41) is 2.38. The molecule has 0 heterocycles. The summed E-state index contributed by atoms with van der Waals surface area (Å²) in [5.74, 6) is -0.412. The van der Waals surface area contributed by atoms with Crippen LogP contribution in [0.15, 0.2) is 12.7 Å². The Balaban J connectivity index is 3.96. The van der Waals surface area contributed by atoms with Crippen LogP contribution in [0.1, 0.15) is 0 Å². The summed E-state index contributed by atoms with van der Waals surface area (Å²) in [6.07, 6.45) is 1.61. The van der Waals surface area contributed by atoms with E-state index in [0.717, 1.165) is 6.08 Å². The molecular formula is C7H11ClN2O2. The number of aldehydes is 1. The van der Waals surface area contributed by atoms with Crippen LogP contribution in [0.4, 0.5) is 0 Å². The lowest BCUT2D eigenvalue weighted by molar-refractivity contribution is -0.117. The van der Waals surface area contributed by atoms with Gasteiger partial charge < -0.3 is 15.8 Å². The molecule has 0 saturated heterocycles. The molecule has 0 aromatic heterocycles. The first-order valence-corrected chi connectivity index (χ1v) is 3.83. The predicted octanol–water partition coefficient (Wildman–Crippen LogP) is -0.576. The highest BCUT2D eigenvalue weighted by atomic mass is 35.5. The molecule has 0 radical (unpaired) electrons. The van der Waals surface area contributed by atoms with Gasteiger partial charge in [-0.1, -0.05) is 6.58 Å². The second-order valence-corrected chi connectivity index (χ2v) is 2.67. The van der Waals surface area contributed by atoms with Gasteiger partial charge in [-0.2, -0.15) is 0 Å². The first-order valence-electron chi connectivity index (χ1n) is 3.29. The number of alkyl halides is 1. The molecular weight excluding hydrogens is 180 g/mol. The molecule has 0 aromatic carbocycles. The SMILES string of the molecule is C=CC(=O)NCC(N)(C=O)CCl. The highest BCUT2D eigenvalue weighted by Gasteiger charge is 2.23. The van der Waals surface area contributed by atoms with E-state index < -0.39 is 5.54 Å². The zero-order valence-corrected chi connectivity index (χ0v) is 7.30. The molecule has 0 aliphatic carbocycles. The van der Waals surface area contributed by atoms with Crippen LogP contribution in [0.5, 0.6) is 0 Å². The topological polar surface area (TPSA) is 72.2 Å². The fourth-order valence-electron chi connectivity index (χ4n) is 0.444. The van der Waals surface area contributed by atoms with Crippen LogP contribution in [-0.4, -0.2) is 30.2 Å². The van der Waals surface area contributed by atoms with Gasteiger partial charge in [0.1, 0.15) is 11.8 Å².